The van der Waals surface area contributed by atoms with Gasteiger partial charge in [-0.2, -0.15) is 0 Å². The van der Waals surface area contributed by atoms with Gasteiger partial charge in [0, 0.05) is 31.1 Å². The lowest BCUT2D eigenvalue weighted by molar-refractivity contribution is -0.919. The van der Waals surface area contributed by atoms with Gasteiger partial charge < -0.3 is 10.0 Å². The van der Waals surface area contributed by atoms with Crippen molar-refractivity contribution < 1.29 is 10.0 Å². The number of benzene rings is 3. The molecular formula is C27H30NO+. The molecule has 0 radical (unpaired) electrons. The molecule has 2 heteroatoms. The number of hydrogen-bond donors (Lipinski definition) is 2. The van der Waals surface area contributed by atoms with Gasteiger partial charge in [0.1, 0.15) is 5.60 Å². The summed E-state index contributed by atoms with van der Waals surface area (Å²) in [6.45, 7) is 2.39. The molecule has 148 valence electrons. The van der Waals surface area contributed by atoms with Gasteiger partial charge >= 0.3 is 0 Å². The van der Waals surface area contributed by atoms with Gasteiger partial charge in [-0.25, -0.2) is 0 Å². The number of aliphatic hydroxyl groups is 1. The number of hydrogen-bond acceptors (Lipinski definition) is 1. The van der Waals surface area contributed by atoms with Gasteiger partial charge in [0.05, 0.1) is 19.1 Å². The summed E-state index contributed by atoms with van der Waals surface area (Å²) in [6.07, 6.45) is 3.38. The van der Waals surface area contributed by atoms with Crippen molar-refractivity contribution in [3.63, 3.8) is 0 Å². The first-order chi connectivity index (χ1) is 14.2. The maximum absolute atomic E-state index is 12.2. The molecule has 0 amide bonds. The van der Waals surface area contributed by atoms with Gasteiger partial charge in [-0.05, 0) is 16.7 Å². The average Bonchev–Trinajstić information content (AvgIpc) is 3.24. The second-order valence-electron chi connectivity index (χ2n) is 8.87. The highest BCUT2D eigenvalue weighted by atomic mass is 16.3. The van der Waals surface area contributed by atoms with Gasteiger partial charge in [-0.3, -0.25) is 0 Å². The molecule has 3 aromatic rings. The molecule has 0 aliphatic carbocycles. The average molecular weight is 385 g/mol. The highest BCUT2D eigenvalue weighted by Crippen LogP contribution is 2.42. The van der Waals surface area contributed by atoms with E-state index in [1.165, 1.54) is 18.5 Å². The minimum atomic E-state index is -0.918. The van der Waals surface area contributed by atoms with E-state index in [0.717, 1.165) is 30.5 Å². The normalized spacial score (nSPS) is 26.8. The number of quaternary nitrogens is 1. The molecule has 0 saturated carbocycles. The third-order valence-corrected chi connectivity index (χ3v) is 7.33. The lowest BCUT2D eigenvalue weighted by Gasteiger charge is -2.42. The van der Waals surface area contributed by atoms with E-state index in [-0.39, 0.29) is 5.92 Å². The summed E-state index contributed by atoms with van der Waals surface area (Å²) in [5.41, 5.74) is 2.61. The van der Waals surface area contributed by atoms with Crippen LogP contribution in [0.15, 0.2) is 91.0 Å². The third kappa shape index (κ3) is 3.41. The van der Waals surface area contributed by atoms with Crippen LogP contribution in [0.4, 0.5) is 0 Å². The van der Waals surface area contributed by atoms with E-state index in [9.17, 15) is 5.11 Å². The molecule has 5 rings (SSSR count). The van der Waals surface area contributed by atoms with Crippen molar-refractivity contribution >= 4 is 0 Å². The molecule has 2 N–H and O–H groups in total. The maximum atomic E-state index is 12.2. The van der Waals surface area contributed by atoms with Crippen LogP contribution in [0.1, 0.15) is 41.9 Å². The van der Waals surface area contributed by atoms with Crippen LogP contribution in [0.2, 0.25) is 0 Å². The van der Waals surface area contributed by atoms with Crippen LogP contribution in [0, 0.1) is 5.92 Å². The summed E-state index contributed by atoms with van der Waals surface area (Å²) < 4.78 is 0. The molecule has 1 unspecified atom stereocenters. The fourth-order valence-corrected chi connectivity index (χ4v) is 5.85. The Balaban J connectivity index is 1.44. The predicted molar refractivity (Wildman–Crippen MR) is 117 cm³/mol. The van der Waals surface area contributed by atoms with Gasteiger partial charge in [0.2, 0.25) is 0 Å². The third-order valence-electron chi connectivity index (χ3n) is 7.33. The van der Waals surface area contributed by atoms with Crippen LogP contribution >= 0.6 is 0 Å². The van der Waals surface area contributed by atoms with Crippen molar-refractivity contribution in [2.45, 2.75) is 36.8 Å². The molecule has 29 heavy (non-hydrogen) atoms. The smallest absolute Gasteiger partial charge is 0.118 e. The van der Waals surface area contributed by atoms with Crippen molar-refractivity contribution in [2.24, 2.45) is 5.92 Å². The molecule has 2 nitrogen and oxygen atoms in total. The van der Waals surface area contributed by atoms with E-state index in [4.69, 9.17) is 0 Å². The molecule has 4 atom stereocenters. The lowest BCUT2D eigenvalue weighted by Crippen LogP contribution is -3.15. The molecule has 3 aromatic carbocycles. The molecule has 2 aliphatic heterocycles. The van der Waals surface area contributed by atoms with E-state index < -0.39 is 5.60 Å². The summed E-state index contributed by atoms with van der Waals surface area (Å²) in [5, 5.41) is 12.2. The Morgan fingerprint density at radius 1 is 0.724 bits per heavy atom. The Morgan fingerprint density at radius 2 is 1.28 bits per heavy atom. The zero-order chi connectivity index (χ0) is 19.7. The maximum Gasteiger partial charge on any atom is 0.118 e. The van der Waals surface area contributed by atoms with E-state index in [1.807, 2.05) is 36.4 Å². The van der Waals surface area contributed by atoms with E-state index in [2.05, 4.69) is 54.6 Å². The zero-order valence-electron chi connectivity index (χ0n) is 16.9. The van der Waals surface area contributed by atoms with Crippen LogP contribution in [-0.4, -0.2) is 24.2 Å². The van der Waals surface area contributed by atoms with Crippen LogP contribution < -0.4 is 4.90 Å². The number of piperidine rings is 1. The fraction of sp³-hybridized carbons (Fsp3) is 0.333. The molecule has 0 spiro atoms. The first-order valence-corrected chi connectivity index (χ1v) is 11.0. The molecule has 2 saturated heterocycles. The first-order valence-electron chi connectivity index (χ1n) is 11.0. The quantitative estimate of drug-likeness (QED) is 0.703. The van der Waals surface area contributed by atoms with Crippen molar-refractivity contribution in [1.29, 1.82) is 0 Å². The van der Waals surface area contributed by atoms with Gasteiger partial charge in [-0.15, -0.1) is 0 Å². The van der Waals surface area contributed by atoms with Crippen LogP contribution in [0.25, 0.3) is 0 Å². The zero-order valence-corrected chi connectivity index (χ0v) is 16.9. The largest absolute Gasteiger partial charge is 0.380 e. The van der Waals surface area contributed by atoms with Crippen molar-refractivity contribution in [3.05, 3.63) is 108 Å². The topological polar surface area (TPSA) is 24.7 Å². The predicted octanol–water partition coefficient (Wildman–Crippen LogP) is 3.77. The van der Waals surface area contributed by atoms with E-state index >= 15 is 0 Å². The van der Waals surface area contributed by atoms with Crippen LogP contribution in [-0.2, 0) is 5.60 Å². The second kappa shape index (κ2) is 7.78. The van der Waals surface area contributed by atoms with Crippen LogP contribution in [0.5, 0.6) is 0 Å². The van der Waals surface area contributed by atoms with Crippen LogP contribution in [0.3, 0.4) is 0 Å². The molecular weight excluding hydrogens is 354 g/mol. The highest BCUT2D eigenvalue weighted by molar-refractivity contribution is 5.37. The van der Waals surface area contributed by atoms with Crippen molar-refractivity contribution in [2.75, 3.05) is 13.1 Å². The minimum Gasteiger partial charge on any atom is -0.380 e. The molecule has 2 fully saturated rings. The van der Waals surface area contributed by atoms with Gasteiger partial charge in [0.15, 0.2) is 0 Å². The van der Waals surface area contributed by atoms with E-state index in [1.54, 1.807) is 4.90 Å². The monoisotopic (exact) mass is 384 g/mol. The number of nitrogens with one attached hydrogen (secondary N) is 1. The Bertz CT molecular complexity index is 885. The van der Waals surface area contributed by atoms with Crippen molar-refractivity contribution in [1.82, 2.24) is 0 Å². The molecule has 2 heterocycles. The summed E-state index contributed by atoms with van der Waals surface area (Å²) in [4.78, 5) is 1.73. The molecule has 2 aliphatic rings. The van der Waals surface area contributed by atoms with Crippen molar-refractivity contribution in [3.8, 4) is 0 Å². The summed E-state index contributed by atoms with van der Waals surface area (Å²) in [5.74, 6) is 0.895. The summed E-state index contributed by atoms with van der Waals surface area (Å²) in [7, 11) is 0. The standard InChI is InChI=1S/C27H29NO/c29-27(23-12-6-2-7-13-23,24-14-8-3-9-15-24)25-16-17-28-20-22(18-26(28)19-25)21-10-4-1-5-11-21/h1-15,22,25-26,29H,16-20H2/p+1/t22-,25-,26-/m1/s1. The molecule has 0 bridgehead atoms. The Hall–Kier alpha value is -2.42. The Morgan fingerprint density at radius 3 is 1.86 bits per heavy atom. The Labute approximate surface area is 173 Å². The number of rotatable bonds is 4. The second-order valence-corrected chi connectivity index (χ2v) is 8.87. The summed E-state index contributed by atoms with van der Waals surface area (Å²) in [6, 6.07) is 32.2. The SMILES string of the molecule is OC(c1ccccc1)(c1ccccc1)[C@@H]1CC[NH+]2C[C@H](c3ccccc3)C[C@@H]2C1. The summed E-state index contributed by atoms with van der Waals surface area (Å²) >= 11 is 0. The Kier molecular flexibility index (Phi) is 4.99. The highest BCUT2D eigenvalue weighted by Gasteiger charge is 2.48. The lowest BCUT2D eigenvalue weighted by atomic mass is 9.70. The molecule has 0 aromatic heterocycles. The fourth-order valence-electron chi connectivity index (χ4n) is 5.85. The van der Waals surface area contributed by atoms with Gasteiger partial charge in [0.25, 0.3) is 0 Å². The van der Waals surface area contributed by atoms with Gasteiger partial charge in [-0.1, -0.05) is 91.0 Å². The number of fused-ring (bicyclic) bond motifs is 1. The first kappa shape index (κ1) is 18.6. The van der Waals surface area contributed by atoms with E-state index in [0.29, 0.717) is 12.0 Å². The minimum absolute atomic E-state index is 0.246.